The minimum absolute atomic E-state index is 0.120. The van der Waals surface area contributed by atoms with Crippen LogP contribution in [0.25, 0.3) is 0 Å². The van der Waals surface area contributed by atoms with Crippen molar-refractivity contribution in [3.63, 3.8) is 0 Å². The number of hydrogen-bond donors (Lipinski definition) is 2. The van der Waals surface area contributed by atoms with E-state index in [1.807, 2.05) is 13.8 Å². The van der Waals surface area contributed by atoms with Gasteiger partial charge >= 0.3 is 5.97 Å². The van der Waals surface area contributed by atoms with Crippen LogP contribution in [-0.2, 0) is 4.74 Å². The second-order valence-electron chi connectivity index (χ2n) is 5.05. The SMILES string of the molecule is COC(=O)c1cncc(NC2CC(O)C2(C)C)n1. The topological polar surface area (TPSA) is 84.3 Å². The molecular formula is C12H17N3O3. The van der Waals surface area contributed by atoms with E-state index >= 15 is 0 Å². The minimum atomic E-state index is -0.515. The Morgan fingerprint density at radius 2 is 2.28 bits per heavy atom. The number of aliphatic hydroxyl groups is 1. The van der Waals surface area contributed by atoms with E-state index in [0.29, 0.717) is 12.2 Å². The molecule has 0 amide bonds. The summed E-state index contributed by atoms with van der Waals surface area (Å²) in [5, 5.41) is 12.8. The van der Waals surface area contributed by atoms with Crippen molar-refractivity contribution in [1.29, 1.82) is 0 Å². The lowest BCUT2D eigenvalue weighted by Crippen LogP contribution is -2.57. The minimum Gasteiger partial charge on any atom is -0.464 e. The van der Waals surface area contributed by atoms with E-state index in [2.05, 4.69) is 20.0 Å². The number of methoxy groups -OCH3 is 1. The molecule has 0 aliphatic heterocycles. The van der Waals surface area contributed by atoms with Gasteiger partial charge in [0.15, 0.2) is 5.69 Å². The highest BCUT2D eigenvalue weighted by Crippen LogP contribution is 2.41. The van der Waals surface area contributed by atoms with E-state index in [-0.39, 0.29) is 23.3 Å². The molecule has 0 spiro atoms. The molecule has 0 radical (unpaired) electrons. The van der Waals surface area contributed by atoms with Gasteiger partial charge in [0.05, 0.1) is 25.6 Å². The average molecular weight is 251 g/mol. The second-order valence-corrected chi connectivity index (χ2v) is 5.05. The number of esters is 1. The van der Waals surface area contributed by atoms with Crippen molar-refractivity contribution in [1.82, 2.24) is 9.97 Å². The maximum Gasteiger partial charge on any atom is 0.358 e. The largest absolute Gasteiger partial charge is 0.464 e. The highest BCUT2D eigenvalue weighted by Gasteiger charge is 2.47. The van der Waals surface area contributed by atoms with E-state index in [1.54, 1.807) is 6.20 Å². The molecule has 0 aromatic carbocycles. The number of hydrogen-bond acceptors (Lipinski definition) is 6. The smallest absolute Gasteiger partial charge is 0.358 e. The molecule has 6 nitrogen and oxygen atoms in total. The van der Waals surface area contributed by atoms with E-state index in [4.69, 9.17) is 0 Å². The van der Waals surface area contributed by atoms with Crippen LogP contribution in [0.15, 0.2) is 12.4 Å². The van der Waals surface area contributed by atoms with Crippen molar-refractivity contribution >= 4 is 11.8 Å². The number of carbonyl (C=O) groups excluding carboxylic acids is 1. The summed E-state index contributed by atoms with van der Waals surface area (Å²) in [5.41, 5.74) is -0.0386. The Kier molecular flexibility index (Phi) is 3.21. The summed E-state index contributed by atoms with van der Waals surface area (Å²) >= 11 is 0. The summed E-state index contributed by atoms with van der Waals surface area (Å²) in [5.74, 6) is 0.00179. The van der Waals surface area contributed by atoms with Gasteiger partial charge in [0.2, 0.25) is 0 Å². The summed E-state index contributed by atoms with van der Waals surface area (Å²) in [6, 6.07) is 0.120. The maximum absolute atomic E-state index is 11.3. The summed E-state index contributed by atoms with van der Waals surface area (Å²) in [4.78, 5) is 19.4. The summed E-state index contributed by atoms with van der Waals surface area (Å²) in [6.45, 7) is 3.97. The highest BCUT2D eigenvalue weighted by molar-refractivity contribution is 5.87. The van der Waals surface area contributed by atoms with Crippen LogP contribution in [0.3, 0.4) is 0 Å². The molecule has 1 aliphatic rings. The summed E-state index contributed by atoms with van der Waals surface area (Å²) < 4.78 is 4.59. The first-order valence-corrected chi connectivity index (χ1v) is 5.80. The van der Waals surface area contributed by atoms with Gasteiger partial charge in [-0.3, -0.25) is 4.98 Å². The molecule has 1 aromatic heterocycles. The first-order chi connectivity index (χ1) is 8.45. The number of aliphatic hydroxyl groups excluding tert-OH is 1. The molecule has 2 unspecified atom stereocenters. The van der Waals surface area contributed by atoms with Crippen molar-refractivity contribution < 1.29 is 14.6 Å². The molecule has 1 fully saturated rings. The number of nitrogens with one attached hydrogen (secondary N) is 1. The van der Waals surface area contributed by atoms with E-state index in [9.17, 15) is 9.90 Å². The van der Waals surface area contributed by atoms with Crippen molar-refractivity contribution in [2.75, 3.05) is 12.4 Å². The molecule has 98 valence electrons. The molecule has 18 heavy (non-hydrogen) atoms. The van der Waals surface area contributed by atoms with Crippen molar-refractivity contribution in [3.05, 3.63) is 18.1 Å². The fourth-order valence-electron chi connectivity index (χ4n) is 1.96. The molecule has 1 aliphatic carbocycles. The Balaban J connectivity index is 2.09. The Morgan fingerprint density at radius 3 is 2.83 bits per heavy atom. The number of carbonyl (C=O) groups is 1. The van der Waals surface area contributed by atoms with Gasteiger partial charge in [0.1, 0.15) is 5.82 Å². The predicted molar refractivity (Wildman–Crippen MR) is 65.2 cm³/mol. The van der Waals surface area contributed by atoms with Gasteiger partial charge in [0, 0.05) is 11.5 Å². The predicted octanol–water partition coefficient (Wildman–Crippen LogP) is 0.834. The van der Waals surface area contributed by atoms with Gasteiger partial charge < -0.3 is 15.2 Å². The Hall–Kier alpha value is -1.69. The molecule has 2 atom stereocenters. The van der Waals surface area contributed by atoms with E-state index in [1.165, 1.54) is 13.3 Å². The Morgan fingerprint density at radius 1 is 1.56 bits per heavy atom. The zero-order valence-electron chi connectivity index (χ0n) is 10.7. The van der Waals surface area contributed by atoms with Gasteiger partial charge in [0.25, 0.3) is 0 Å². The fraction of sp³-hybridized carbons (Fsp3) is 0.583. The first-order valence-electron chi connectivity index (χ1n) is 5.80. The van der Waals surface area contributed by atoms with Crippen molar-refractivity contribution in [2.24, 2.45) is 5.41 Å². The molecule has 6 heteroatoms. The zero-order valence-corrected chi connectivity index (χ0v) is 10.7. The van der Waals surface area contributed by atoms with Gasteiger partial charge in [-0.15, -0.1) is 0 Å². The molecule has 1 saturated carbocycles. The third-order valence-corrected chi connectivity index (χ3v) is 3.57. The average Bonchev–Trinajstić information content (AvgIpc) is 2.38. The van der Waals surface area contributed by atoms with Gasteiger partial charge in [-0.2, -0.15) is 0 Å². The lowest BCUT2D eigenvalue weighted by Gasteiger charge is -2.49. The van der Waals surface area contributed by atoms with Crippen LogP contribution in [0.1, 0.15) is 30.8 Å². The zero-order chi connectivity index (χ0) is 13.3. The van der Waals surface area contributed by atoms with Crippen LogP contribution in [0.5, 0.6) is 0 Å². The molecule has 0 bridgehead atoms. The van der Waals surface area contributed by atoms with Gasteiger partial charge in [-0.05, 0) is 6.42 Å². The Bertz CT molecular complexity index is 462. The van der Waals surface area contributed by atoms with E-state index < -0.39 is 5.97 Å². The van der Waals surface area contributed by atoms with Crippen LogP contribution in [0.2, 0.25) is 0 Å². The van der Waals surface area contributed by atoms with Crippen LogP contribution in [0, 0.1) is 5.41 Å². The van der Waals surface area contributed by atoms with Crippen LogP contribution in [-0.4, -0.2) is 40.3 Å². The molecule has 1 aromatic rings. The Labute approximate surface area is 105 Å². The summed E-state index contributed by atoms with van der Waals surface area (Å²) in [6.07, 6.45) is 3.26. The second kappa shape index (κ2) is 4.53. The molecule has 1 heterocycles. The lowest BCUT2D eigenvalue weighted by molar-refractivity contribution is -0.0511. The standard InChI is InChI=1S/C12H17N3O3/c1-12(2)8(4-9(12)16)15-10-6-13-5-7(14-10)11(17)18-3/h5-6,8-9,16H,4H2,1-3H3,(H,14,15). The molecule has 0 saturated heterocycles. The van der Waals surface area contributed by atoms with Crippen LogP contribution in [0.4, 0.5) is 5.82 Å². The van der Waals surface area contributed by atoms with Gasteiger partial charge in [-0.25, -0.2) is 9.78 Å². The third kappa shape index (κ3) is 2.15. The number of nitrogens with zero attached hydrogens (tertiary/aromatic N) is 2. The van der Waals surface area contributed by atoms with Crippen LogP contribution >= 0.6 is 0 Å². The normalized spacial score (nSPS) is 25.1. The van der Waals surface area contributed by atoms with Crippen LogP contribution < -0.4 is 5.32 Å². The van der Waals surface area contributed by atoms with Gasteiger partial charge in [-0.1, -0.05) is 13.8 Å². The molecular weight excluding hydrogens is 234 g/mol. The number of ether oxygens (including phenoxy) is 1. The molecule has 2 N–H and O–H groups in total. The maximum atomic E-state index is 11.3. The highest BCUT2D eigenvalue weighted by atomic mass is 16.5. The lowest BCUT2D eigenvalue weighted by atomic mass is 9.64. The number of aromatic nitrogens is 2. The van der Waals surface area contributed by atoms with Crippen molar-refractivity contribution in [3.8, 4) is 0 Å². The first kappa shape index (κ1) is 12.8. The third-order valence-electron chi connectivity index (χ3n) is 3.57. The quantitative estimate of drug-likeness (QED) is 0.774. The monoisotopic (exact) mass is 251 g/mol. The number of anilines is 1. The van der Waals surface area contributed by atoms with Crippen molar-refractivity contribution in [2.45, 2.75) is 32.4 Å². The fourth-order valence-corrected chi connectivity index (χ4v) is 1.96. The summed E-state index contributed by atoms with van der Waals surface area (Å²) in [7, 11) is 1.30. The number of rotatable bonds is 3. The molecule has 2 rings (SSSR count). The van der Waals surface area contributed by atoms with E-state index in [0.717, 1.165) is 0 Å².